The van der Waals surface area contributed by atoms with Crippen molar-refractivity contribution < 1.29 is 4.79 Å². The lowest BCUT2D eigenvalue weighted by Gasteiger charge is -2.39. The molecule has 3 heterocycles. The first-order chi connectivity index (χ1) is 13.0. The summed E-state index contributed by atoms with van der Waals surface area (Å²) in [5.41, 5.74) is 1.11. The van der Waals surface area contributed by atoms with Crippen LogP contribution >= 0.6 is 35.3 Å². The highest BCUT2D eigenvalue weighted by Crippen LogP contribution is 2.17. The van der Waals surface area contributed by atoms with E-state index >= 15 is 0 Å². The Morgan fingerprint density at radius 2 is 1.79 bits per heavy atom. The maximum atomic E-state index is 12.6. The van der Waals surface area contributed by atoms with E-state index in [2.05, 4.69) is 38.9 Å². The van der Waals surface area contributed by atoms with E-state index in [4.69, 9.17) is 0 Å². The van der Waals surface area contributed by atoms with E-state index in [0.717, 1.165) is 68.8 Å². The molecule has 3 rings (SSSR count). The SMILES string of the molecule is CN=C(NCc1nc(C)c(C)s1)N1CCN(C(C)C(=O)N2CCCC2)CC1.I. The first-order valence-electron chi connectivity index (χ1n) is 9.91. The molecule has 2 fully saturated rings. The summed E-state index contributed by atoms with van der Waals surface area (Å²) >= 11 is 1.74. The molecule has 2 aliphatic rings. The quantitative estimate of drug-likeness (QED) is 0.374. The summed E-state index contributed by atoms with van der Waals surface area (Å²) < 4.78 is 0. The van der Waals surface area contributed by atoms with E-state index < -0.39 is 0 Å². The molecule has 0 aromatic carbocycles. The van der Waals surface area contributed by atoms with Crippen LogP contribution in [0, 0.1) is 13.8 Å². The minimum atomic E-state index is -0.0264. The van der Waals surface area contributed by atoms with Crippen LogP contribution in [0.1, 0.15) is 35.3 Å². The largest absolute Gasteiger partial charge is 0.350 e. The van der Waals surface area contributed by atoms with Crippen LogP contribution in [0.15, 0.2) is 4.99 Å². The zero-order valence-corrected chi connectivity index (χ0v) is 20.5. The van der Waals surface area contributed by atoms with E-state index in [1.165, 1.54) is 4.88 Å². The maximum Gasteiger partial charge on any atom is 0.239 e. The Hall–Kier alpha value is -0.940. The van der Waals surface area contributed by atoms with Crippen LogP contribution in [0.4, 0.5) is 0 Å². The number of hydrogen-bond donors (Lipinski definition) is 1. The second kappa shape index (κ2) is 10.7. The van der Waals surface area contributed by atoms with Gasteiger partial charge in [-0.2, -0.15) is 0 Å². The van der Waals surface area contributed by atoms with Gasteiger partial charge in [-0.25, -0.2) is 4.98 Å². The summed E-state index contributed by atoms with van der Waals surface area (Å²) in [5.74, 6) is 1.21. The number of aliphatic imine (C=N–C) groups is 1. The zero-order valence-electron chi connectivity index (χ0n) is 17.4. The number of carbonyl (C=O) groups is 1. The molecular weight excluding hydrogens is 487 g/mol. The van der Waals surface area contributed by atoms with Crippen molar-refractivity contribution in [3.63, 3.8) is 0 Å². The highest BCUT2D eigenvalue weighted by molar-refractivity contribution is 14.0. The lowest BCUT2D eigenvalue weighted by molar-refractivity contribution is -0.135. The van der Waals surface area contributed by atoms with E-state index in [0.29, 0.717) is 6.54 Å². The fourth-order valence-corrected chi connectivity index (χ4v) is 4.65. The molecule has 0 aliphatic carbocycles. The third kappa shape index (κ3) is 5.56. The van der Waals surface area contributed by atoms with Crippen LogP contribution in [0.25, 0.3) is 0 Å². The van der Waals surface area contributed by atoms with E-state index in [-0.39, 0.29) is 35.9 Å². The Balaban J connectivity index is 0.00000280. The summed E-state index contributed by atoms with van der Waals surface area (Å²) in [7, 11) is 1.83. The molecule has 2 aliphatic heterocycles. The van der Waals surface area contributed by atoms with Gasteiger partial charge in [-0.3, -0.25) is 14.7 Å². The maximum absolute atomic E-state index is 12.6. The monoisotopic (exact) mass is 520 g/mol. The highest BCUT2D eigenvalue weighted by atomic mass is 127. The molecule has 1 amide bonds. The Labute approximate surface area is 189 Å². The summed E-state index contributed by atoms with van der Waals surface area (Å²) in [5, 5.41) is 4.53. The van der Waals surface area contributed by atoms with Crippen molar-refractivity contribution in [2.75, 3.05) is 46.3 Å². The molecule has 158 valence electrons. The first-order valence-corrected chi connectivity index (χ1v) is 10.7. The number of hydrogen-bond acceptors (Lipinski definition) is 5. The van der Waals surface area contributed by atoms with E-state index in [1.807, 2.05) is 18.9 Å². The number of aryl methyl sites for hydroxylation is 2. The van der Waals surface area contributed by atoms with Crippen molar-refractivity contribution in [1.82, 2.24) is 25.0 Å². The predicted octanol–water partition coefficient (Wildman–Crippen LogP) is 2.08. The van der Waals surface area contributed by atoms with Gasteiger partial charge >= 0.3 is 0 Å². The number of piperazine rings is 1. The molecule has 1 atom stereocenters. The number of nitrogens with one attached hydrogen (secondary N) is 1. The van der Waals surface area contributed by atoms with E-state index in [9.17, 15) is 4.79 Å². The molecule has 1 unspecified atom stereocenters. The third-order valence-corrected chi connectivity index (χ3v) is 6.69. The molecule has 0 saturated carbocycles. The summed E-state index contributed by atoms with van der Waals surface area (Å²) in [6.07, 6.45) is 2.29. The number of likely N-dealkylation sites (tertiary alicyclic amines) is 1. The van der Waals surface area contributed by atoms with Gasteiger partial charge in [0.1, 0.15) is 5.01 Å². The third-order valence-electron chi connectivity index (χ3n) is 5.62. The smallest absolute Gasteiger partial charge is 0.239 e. The fraction of sp³-hybridized carbons (Fsp3) is 0.737. The van der Waals surface area contributed by atoms with Crippen molar-refractivity contribution in [1.29, 1.82) is 0 Å². The van der Waals surface area contributed by atoms with Gasteiger partial charge in [0.05, 0.1) is 18.3 Å². The normalized spacial score (nSPS) is 19.5. The topological polar surface area (TPSA) is 64.1 Å². The Bertz CT molecular complexity index is 660. The Morgan fingerprint density at radius 3 is 2.32 bits per heavy atom. The molecule has 0 radical (unpaired) electrons. The lowest BCUT2D eigenvalue weighted by Crippen LogP contribution is -2.57. The summed E-state index contributed by atoms with van der Waals surface area (Å²) in [6.45, 7) is 12.3. The number of nitrogens with zero attached hydrogens (tertiary/aromatic N) is 5. The number of guanidine groups is 1. The molecule has 1 N–H and O–H groups in total. The molecule has 7 nitrogen and oxygen atoms in total. The number of rotatable bonds is 4. The number of aromatic nitrogens is 1. The molecule has 0 spiro atoms. The minimum absolute atomic E-state index is 0. The molecular formula is C19H33IN6OS. The van der Waals surface area contributed by atoms with Crippen molar-refractivity contribution in [3.05, 3.63) is 15.6 Å². The number of halogens is 1. The Morgan fingerprint density at radius 1 is 1.14 bits per heavy atom. The minimum Gasteiger partial charge on any atom is -0.350 e. The number of carbonyl (C=O) groups excluding carboxylic acids is 1. The first kappa shape index (κ1) is 23.3. The van der Waals surface area contributed by atoms with Gasteiger partial charge in [-0.15, -0.1) is 35.3 Å². The fourth-order valence-electron chi connectivity index (χ4n) is 3.78. The second-order valence-electron chi connectivity index (χ2n) is 7.38. The van der Waals surface area contributed by atoms with Gasteiger partial charge in [0.25, 0.3) is 0 Å². The van der Waals surface area contributed by atoms with Gasteiger partial charge < -0.3 is 15.1 Å². The molecule has 28 heavy (non-hydrogen) atoms. The molecule has 1 aromatic heterocycles. The van der Waals surface area contributed by atoms with Gasteiger partial charge in [0, 0.05) is 51.2 Å². The van der Waals surface area contributed by atoms with Crippen LogP contribution in [-0.2, 0) is 11.3 Å². The Kier molecular flexibility index (Phi) is 8.94. The second-order valence-corrected chi connectivity index (χ2v) is 8.67. The molecule has 1 aromatic rings. The molecule has 9 heteroatoms. The van der Waals surface area contributed by atoms with E-state index in [1.54, 1.807) is 11.3 Å². The van der Waals surface area contributed by atoms with Gasteiger partial charge in [-0.1, -0.05) is 0 Å². The van der Waals surface area contributed by atoms with Crippen LogP contribution in [0.5, 0.6) is 0 Å². The van der Waals surface area contributed by atoms with Gasteiger partial charge in [0.15, 0.2) is 5.96 Å². The van der Waals surface area contributed by atoms with Crippen molar-refractivity contribution in [2.45, 2.75) is 46.2 Å². The highest BCUT2D eigenvalue weighted by Gasteiger charge is 2.30. The van der Waals surface area contributed by atoms with Crippen LogP contribution in [-0.4, -0.2) is 83.9 Å². The summed E-state index contributed by atoms with van der Waals surface area (Å²) in [4.78, 5) is 29.5. The average Bonchev–Trinajstić information content (AvgIpc) is 3.32. The summed E-state index contributed by atoms with van der Waals surface area (Å²) in [6, 6.07) is -0.0264. The zero-order chi connectivity index (χ0) is 19.4. The van der Waals surface area contributed by atoms with Crippen molar-refractivity contribution >= 4 is 47.2 Å². The van der Waals surface area contributed by atoms with Crippen LogP contribution < -0.4 is 5.32 Å². The average molecular weight is 520 g/mol. The van der Waals surface area contributed by atoms with Gasteiger partial charge in [-0.05, 0) is 33.6 Å². The van der Waals surface area contributed by atoms with Crippen LogP contribution in [0.3, 0.4) is 0 Å². The van der Waals surface area contributed by atoms with Crippen molar-refractivity contribution in [2.24, 2.45) is 4.99 Å². The van der Waals surface area contributed by atoms with Crippen molar-refractivity contribution in [3.8, 4) is 0 Å². The molecule has 0 bridgehead atoms. The lowest BCUT2D eigenvalue weighted by atomic mass is 10.2. The standard InChI is InChI=1S/C19H32N6OS.HI/c1-14-16(3)27-17(22-14)13-21-19(20-4)25-11-9-23(10-12-25)15(2)18(26)24-7-5-6-8-24;/h15H,5-13H2,1-4H3,(H,20,21);1H. The number of thiazole rings is 1. The van der Waals surface area contributed by atoms with Crippen LogP contribution in [0.2, 0.25) is 0 Å². The predicted molar refractivity (Wildman–Crippen MR) is 126 cm³/mol. The molecule has 2 saturated heterocycles. The number of amides is 1. The van der Waals surface area contributed by atoms with Gasteiger partial charge in [0.2, 0.25) is 5.91 Å².